The molecule has 0 saturated heterocycles. The summed E-state index contributed by atoms with van der Waals surface area (Å²) in [7, 11) is -3.73. The molecule has 4 nitrogen and oxygen atoms in total. The minimum absolute atomic E-state index is 0.0427. The van der Waals surface area contributed by atoms with Gasteiger partial charge in [0, 0.05) is 22.4 Å². The number of thioether (sulfide) groups is 1. The van der Waals surface area contributed by atoms with Crippen molar-refractivity contribution in [2.45, 2.75) is 24.5 Å². The number of nitrogens with one attached hydrogen (secondary N) is 1. The summed E-state index contributed by atoms with van der Waals surface area (Å²) in [5.41, 5.74) is 0.212. The van der Waals surface area contributed by atoms with Gasteiger partial charge in [-0.3, -0.25) is 0 Å². The first-order valence-electron chi connectivity index (χ1n) is 5.42. The van der Waals surface area contributed by atoms with E-state index in [0.717, 1.165) is 0 Å². The average molecular weight is 344 g/mol. The molecule has 0 amide bonds. The van der Waals surface area contributed by atoms with Gasteiger partial charge in [-0.2, -0.15) is 11.8 Å². The van der Waals surface area contributed by atoms with E-state index in [0.29, 0.717) is 5.75 Å². The fourth-order valence-electron chi connectivity index (χ4n) is 1.54. The molecule has 1 aromatic carbocycles. The van der Waals surface area contributed by atoms with Crippen LogP contribution >= 0.6 is 35.0 Å². The van der Waals surface area contributed by atoms with E-state index in [-0.39, 0.29) is 26.5 Å². The van der Waals surface area contributed by atoms with Gasteiger partial charge in [0.25, 0.3) is 0 Å². The minimum atomic E-state index is -3.73. The normalized spacial score (nSPS) is 13.5. The highest BCUT2D eigenvalue weighted by molar-refractivity contribution is 7.98. The zero-order valence-electron chi connectivity index (χ0n) is 10.5. The van der Waals surface area contributed by atoms with Gasteiger partial charge in [-0.15, -0.1) is 0 Å². The molecule has 0 spiro atoms. The maximum atomic E-state index is 12.2. The summed E-state index contributed by atoms with van der Waals surface area (Å²) in [6.45, 7) is 1.35. The molecule has 1 aromatic rings. The number of halogens is 2. The van der Waals surface area contributed by atoms with Crippen LogP contribution in [0.4, 0.5) is 0 Å². The molecule has 0 aromatic heterocycles. The predicted molar refractivity (Wildman–Crippen MR) is 80.6 cm³/mol. The van der Waals surface area contributed by atoms with Crippen LogP contribution in [0.3, 0.4) is 0 Å². The van der Waals surface area contributed by atoms with Crippen LogP contribution in [-0.2, 0) is 16.6 Å². The van der Waals surface area contributed by atoms with Crippen molar-refractivity contribution in [3.63, 3.8) is 0 Å². The highest BCUT2D eigenvalue weighted by atomic mass is 35.5. The Balaban J connectivity index is 3.15. The van der Waals surface area contributed by atoms with E-state index in [1.807, 2.05) is 6.26 Å². The Hall–Kier alpha value is 0.0200. The van der Waals surface area contributed by atoms with Crippen LogP contribution in [0.1, 0.15) is 12.5 Å². The van der Waals surface area contributed by atoms with Crippen molar-refractivity contribution >= 4 is 45.0 Å². The van der Waals surface area contributed by atoms with Crippen LogP contribution in [0.2, 0.25) is 10.0 Å². The van der Waals surface area contributed by atoms with Gasteiger partial charge < -0.3 is 5.11 Å². The summed E-state index contributed by atoms with van der Waals surface area (Å²) in [6, 6.07) is 2.52. The third-order valence-corrected chi connectivity index (χ3v) is 5.73. The molecule has 0 fully saturated rings. The van der Waals surface area contributed by atoms with Crippen molar-refractivity contribution in [1.29, 1.82) is 0 Å². The van der Waals surface area contributed by atoms with Crippen LogP contribution in [0.5, 0.6) is 0 Å². The predicted octanol–water partition coefficient (Wildman–Crippen LogP) is 2.52. The number of aliphatic hydroxyl groups is 1. The van der Waals surface area contributed by atoms with Gasteiger partial charge in [-0.25, -0.2) is 13.1 Å². The number of aliphatic hydroxyl groups excluding tert-OH is 1. The Morgan fingerprint density at radius 3 is 2.58 bits per heavy atom. The molecule has 108 valence electrons. The second kappa shape index (κ2) is 7.15. The second-order valence-electron chi connectivity index (χ2n) is 3.97. The Morgan fingerprint density at radius 2 is 2.05 bits per heavy atom. The first-order valence-corrected chi connectivity index (χ1v) is 9.05. The minimum Gasteiger partial charge on any atom is -0.392 e. The van der Waals surface area contributed by atoms with Gasteiger partial charge in [0.2, 0.25) is 10.0 Å². The largest absolute Gasteiger partial charge is 0.392 e. The van der Waals surface area contributed by atoms with Crippen molar-refractivity contribution in [3.05, 3.63) is 27.7 Å². The van der Waals surface area contributed by atoms with E-state index in [4.69, 9.17) is 28.3 Å². The fourth-order valence-corrected chi connectivity index (χ4v) is 4.37. The van der Waals surface area contributed by atoms with Crippen LogP contribution in [0, 0.1) is 0 Å². The molecule has 0 bridgehead atoms. The summed E-state index contributed by atoms with van der Waals surface area (Å²) in [5.74, 6) is 0.650. The van der Waals surface area contributed by atoms with Crippen molar-refractivity contribution in [1.82, 2.24) is 4.72 Å². The summed E-state index contributed by atoms with van der Waals surface area (Å²) in [6.07, 6.45) is 1.89. The lowest BCUT2D eigenvalue weighted by Crippen LogP contribution is -2.34. The number of hydrogen-bond acceptors (Lipinski definition) is 4. The zero-order chi connectivity index (χ0) is 14.6. The molecule has 0 aliphatic heterocycles. The van der Waals surface area contributed by atoms with E-state index in [9.17, 15) is 8.42 Å². The van der Waals surface area contributed by atoms with Gasteiger partial charge in [0.05, 0.1) is 11.6 Å². The monoisotopic (exact) mass is 343 g/mol. The number of hydrogen-bond donors (Lipinski definition) is 2. The molecule has 2 N–H and O–H groups in total. The third kappa shape index (κ3) is 4.24. The van der Waals surface area contributed by atoms with Gasteiger partial charge in [0.1, 0.15) is 4.90 Å². The van der Waals surface area contributed by atoms with Crippen molar-refractivity contribution in [2.75, 3.05) is 12.0 Å². The first-order chi connectivity index (χ1) is 8.83. The molecule has 0 aliphatic rings. The molecule has 0 radical (unpaired) electrons. The molecule has 8 heteroatoms. The molecule has 1 rings (SSSR count). The van der Waals surface area contributed by atoms with Crippen molar-refractivity contribution in [3.8, 4) is 0 Å². The fraction of sp³-hybridized carbons (Fsp3) is 0.455. The Labute approximate surface area is 127 Å². The van der Waals surface area contributed by atoms with Crippen LogP contribution in [0.15, 0.2) is 17.0 Å². The van der Waals surface area contributed by atoms with Gasteiger partial charge in [-0.05, 0) is 25.3 Å². The summed E-state index contributed by atoms with van der Waals surface area (Å²) < 4.78 is 26.9. The smallest absolute Gasteiger partial charge is 0.242 e. The molecule has 19 heavy (non-hydrogen) atoms. The summed E-state index contributed by atoms with van der Waals surface area (Å²) in [5, 5.41) is 9.36. The van der Waals surface area contributed by atoms with Crippen molar-refractivity contribution in [2.24, 2.45) is 0 Å². The topological polar surface area (TPSA) is 66.4 Å². The van der Waals surface area contributed by atoms with Gasteiger partial charge in [-0.1, -0.05) is 23.2 Å². The molecule has 1 atom stereocenters. The van der Waals surface area contributed by atoms with Crippen LogP contribution in [0.25, 0.3) is 0 Å². The maximum absolute atomic E-state index is 12.2. The summed E-state index contributed by atoms with van der Waals surface area (Å²) in [4.78, 5) is -0.0735. The van der Waals surface area contributed by atoms with Crippen molar-refractivity contribution < 1.29 is 13.5 Å². The van der Waals surface area contributed by atoms with E-state index in [2.05, 4.69) is 4.72 Å². The van der Waals surface area contributed by atoms with E-state index in [1.54, 1.807) is 6.92 Å². The average Bonchev–Trinajstić information content (AvgIpc) is 2.28. The Bertz CT molecular complexity index is 549. The van der Waals surface area contributed by atoms with E-state index < -0.39 is 16.6 Å². The lowest BCUT2D eigenvalue weighted by Gasteiger charge is -2.15. The second-order valence-corrected chi connectivity index (χ2v) is 7.35. The SMILES string of the molecule is CSCC(C)NS(=O)(=O)c1ccc(Cl)c(CO)c1Cl. The lowest BCUT2D eigenvalue weighted by molar-refractivity contribution is 0.281. The summed E-state index contributed by atoms with van der Waals surface area (Å²) >= 11 is 13.4. The standard InChI is InChI=1S/C11H15Cl2NO3S2/c1-7(6-18-2)14-19(16,17)10-4-3-9(12)8(5-15)11(10)13/h3-4,7,14-15H,5-6H2,1-2H3. The molecular weight excluding hydrogens is 329 g/mol. The van der Waals surface area contributed by atoms with E-state index in [1.165, 1.54) is 23.9 Å². The highest BCUT2D eigenvalue weighted by Gasteiger charge is 2.22. The quantitative estimate of drug-likeness (QED) is 0.832. The zero-order valence-corrected chi connectivity index (χ0v) is 13.6. The van der Waals surface area contributed by atoms with E-state index >= 15 is 0 Å². The van der Waals surface area contributed by atoms with Crippen LogP contribution in [-0.4, -0.2) is 31.6 Å². The maximum Gasteiger partial charge on any atom is 0.242 e. The molecule has 1 unspecified atom stereocenters. The lowest BCUT2D eigenvalue weighted by atomic mass is 10.2. The highest BCUT2D eigenvalue weighted by Crippen LogP contribution is 2.31. The molecule has 0 aliphatic carbocycles. The Kier molecular flexibility index (Phi) is 6.42. The third-order valence-electron chi connectivity index (χ3n) is 2.37. The van der Waals surface area contributed by atoms with Gasteiger partial charge >= 0.3 is 0 Å². The van der Waals surface area contributed by atoms with Gasteiger partial charge in [0.15, 0.2) is 0 Å². The number of sulfonamides is 1. The first kappa shape index (κ1) is 17.1. The number of rotatable bonds is 6. The molecule has 0 saturated carbocycles. The van der Waals surface area contributed by atoms with Crippen LogP contribution < -0.4 is 4.72 Å². The molecule has 0 heterocycles. The number of benzene rings is 1. The Morgan fingerprint density at radius 1 is 1.42 bits per heavy atom. The molecular formula is C11H15Cl2NO3S2.